The van der Waals surface area contributed by atoms with E-state index in [1.807, 2.05) is 56.4 Å². The van der Waals surface area contributed by atoms with Crippen LogP contribution in [-0.4, -0.2) is 250 Å². The summed E-state index contributed by atoms with van der Waals surface area (Å²) in [6.07, 6.45) is 28.0. The number of ether oxygens (including phenoxy) is 12. The van der Waals surface area contributed by atoms with E-state index >= 15 is 0 Å². The molecule has 14 atom stereocenters. The van der Waals surface area contributed by atoms with Gasteiger partial charge in [-0.3, -0.25) is 77.5 Å². The molecule has 114 heavy (non-hydrogen) atoms. The number of amides is 7. The van der Waals surface area contributed by atoms with E-state index in [1.54, 1.807) is 34.1 Å². The van der Waals surface area contributed by atoms with Gasteiger partial charge in [-0.2, -0.15) is 0 Å². The monoisotopic (exact) mass is 1590 g/mol. The number of aliphatic carboxylic acids is 3. The van der Waals surface area contributed by atoms with Crippen LogP contribution in [0.2, 0.25) is 0 Å². The van der Waals surface area contributed by atoms with Crippen LogP contribution < -0.4 is 0 Å². The summed E-state index contributed by atoms with van der Waals surface area (Å²) < 4.78 is 64.0. The van der Waals surface area contributed by atoms with Gasteiger partial charge >= 0.3 is 41.8 Å². The summed E-state index contributed by atoms with van der Waals surface area (Å²) >= 11 is 0. The number of rotatable bonds is 23. The Morgan fingerprint density at radius 3 is 0.912 bits per heavy atom. The molecule has 14 rings (SSSR count). The highest BCUT2D eigenvalue weighted by Gasteiger charge is 2.59. The average molecular weight is 1590 g/mol. The average Bonchev–Trinajstić information content (AvgIpc) is 1.63. The van der Waals surface area contributed by atoms with Gasteiger partial charge in [0.25, 0.3) is 0 Å². The first-order chi connectivity index (χ1) is 54.2. The third kappa shape index (κ3) is 18.7. The summed E-state index contributed by atoms with van der Waals surface area (Å²) in [5.41, 5.74) is 10.7. The minimum atomic E-state index is -1.17. The largest absolute Gasteiger partial charge is 0.489 e. The van der Waals surface area contributed by atoms with E-state index in [0.29, 0.717) is 32.3 Å². The molecule has 14 aliphatic rings. The van der Waals surface area contributed by atoms with Crippen LogP contribution in [0.5, 0.6) is 0 Å². The van der Waals surface area contributed by atoms with Crippen molar-refractivity contribution in [3.63, 3.8) is 0 Å². The highest BCUT2D eigenvalue weighted by Crippen LogP contribution is 2.43. The van der Waals surface area contributed by atoms with E-state index in [9.17, 15) is 77.3 Å². The van der Waals surface area contributed by atoms with E-state index in [4.69, 9.17) is 57.6 Å². The Hall–Kier alpha value is -13.3. The third-order valence-electron chi connectivity index (χ3n) is 18.4. The minimum Gasteiger partial charge on any atom is -0.489 e. The molecule has 14 unspecified atom stereocenters. The van der Waals surface area contributed by atoms with Crippen molar-refractivity contribution in [2.75, 3.05) is 26.4 Å². The Balaban J connectivity index is 0.000000177. The van der Waals surface area contributed by atoms with Crippen molar-refractivity contribution in [3.05, 3.63) is 180 Å². The lowest BCUT2D eigenvalue weighted by molar-refractivity contribution is -0.170. The molecule has 14 heterocycles. The summed E-state index contributed by atoms with van der Waals surface area (Å²) in [5, 5.41) is 36.0. The smallest absolute Gasteiger partial charge is 0.344 e. The molecule has 14 fully saturated rings. The van der Waals surface area contributed by atoms with Gasteiger partial charge in [-0.15, -0.1) is 5.73 Å². The number of carbonyl (C=O) groups excluding carboxylic acids is 11. The molecule has 606 valence electrons. The lowest BCUT2D eigenvalue weighted by atomic mass is 10.1. The number of allylic oxidation sites excluding steroid dienone is 8. The number of hydrogen-bond acceptors (Lipinski definition) is 27. The number of fused-ring (bicyclic) bond motifs is 7. The van der Waals surface area contributed by atoms with Crippen LogP contribution in [0.25, 0.3) is 0 Å². The Kier molecular flexibility index (Phi) is 28.3. The minimum absolute atomic E-state index is 0. The third-order valence-corrected chi connectivity index (χ3v) is 18.4. The molecule has 0 bridgehead atoms. The van der Waals surface area contributed by atoms with Crippen LogP contribution in [0.15, 0.2) is 180 Å². The molecule has 14 aliphatic heterocycles. The molecule has 0 aliphatic carbocycles. The lowest BCUT2D eigenvalue weighted by Crippen LogP contribution is -2.55. The number of nitrogens with zero attached hydrogens (tertiary/aromatic N) is 7. The topological polar surface area (TPSA) is 453 Å². The zero-order valence-electron chi connectivity index (χ0n) is 61.2. The number of carboxylic acids is 3. The summed E-state index contributed by atoms with van der Waals surface area (Å²) in [7, 11) is 0. The van der Waals surface area contributed by atoms with Crippen molar-refractivity contribution >= 4 is 83.1 Å². The van der Waals surface area contributed by atoms with Gasteiger partial charge in [0.15, 0.2) is 73.8 Å². The second kappa shape index (κ2) is 38.1. The van der Waals surface area contributed by atoms with Crippen LogP contribution in [-0.2, 0) is 124 Å². The van der Waals surface area contributed by atoms with Crippen molar-refractivity contribution in [1.82, 2.24) is 34.3 Å². The van der Waals surface area contributed by atoms with Gasteiger partial charge in [-0.25, -0.2) is 24.0 Å². The van der Waals surface area contributed by atoms with Gasteiger partial charge in [-0.05, 0) is 93.9 Å². The molecule has 0 saturated carbocycles. The Bertz CT molecular complexity index is 4430. The summed E-state index contributed by atoms with van der Waals surface area (Å²) in [5.74, 6) is -5.44. The fourth-order valence-electron chi connectivity index (χ4n) is 13.3. The molecule has 7 amide bonds. The first-order valence-corrected chi connectivity index (χ1v) is 35.3. The van der Waals surface area contributed by atoms with Crippen LogP contribution >= 0.6 is 0 Å². The number of aliphatic hydroxyl groups excluding tert-OH is 1. The number of esters is 4. The zero-order valence-corrected chi connectivity index (χ0v) is 61.2. The van der Waals surface area contributed by atoms with Gasteiger partial charge in [0.05, 0.1) is 51.6 Å². The Morgan fingerprint density at radius 2 is 0.632 bits per heavy atom. The molecule has 0 aromatic carbocycles. The van der Waals surface area contributed by atoms with Crippen LogP contribution in [0.3, 0.4) is 0 Å². The van der Waals surface area contributed by atoms with Gasteiger partial charge in [0, 0.05) is 13.8 Å². The maximum Gasteiger partial charge on any atom is 0.344 e. The standard InChI is InChI=1S/C23H22N2O11.C23H26N2O5.C19H18N2O9.C8H9NO5.C3H4.CH4/c1-12(26)33-22(30)20-14(35-18-10-16(28)24(18)20)6-4-3-5-8-32-9-7-15-21(23(31)34-13(2)27)25-17(29)11-19(25)36-15;1-3-8-16-18(29-22-14-20(26)24(16)22)10-6-5-7-12-28-13-11-19-17(9-4-2)25-21(27)15-23(25)30-19;22-12-8-14-20(12)16(18(24)25)10(29-14)4-2-1-3-6-28-7-5-11-17(19(26)27)21-13(23)9-15(21)30-11;10-2-1-4-7(8(12)13)9-5(11)3-6(9)14-4;1-3-2;/h3,6-8,18-21H,4,9-11H2,1-2H3;3-5,8-12,16-17,22-23H,6,13-15H2,1-2H3;1,4-6,14-17H,2,7-9H2,(H,24,25)(H,26,27);1,6-7,10H,2-3H2,(H,12,13);1-2H2;1H4/b14-6-,15-7-;8-3?,9-4?,18-10-,19-11-;10-4-,11-5-;4-1-;;. The molecule has 0 spiro atoms. The number of hydrogen-bond donors (Lipinski definition) is 4. The van der Waals surface area contributed by atoms with E-state index < -0.39 is 103 Å². The Morgan fingerprint density at radius 1 is 0.395 bits per heavy atom. The molecule has 0 aromatic heterocycles. The maximum atomic E-state index is 12.2. The van der Waals surface area contributed by atoms with Gasteiger partial charge in [0.2, 0.25) is 41.4 Å². The highest BCUT2D eigenvalue weighted by atomic mass is 16.6. The molecular formula is C77H83N7O30. The summed E-state index contributed by atoms with van der Waals surface area (Å²) in [6, 6.07) is -5.76. The molecule has 37 heteroatoms. The number of aliphatic hydroxyl groups is 1. The first-order valence-electron chi connectivity index (χ1n) is 35.3. The molecule has 0 aromatic rings. The molecular weight excluding hydrogens is 1500 g/mol. The van der Waals surface area contributed by atoms with Crippen molar-refractivity contribution in [2.24, 2.45) is 0 Å². The fraction of sp³-hybridized carbons (Fsp3) is 0.429. The zero-order chi connectivity index (χ0) is 81.5. The van der Waals surface area contributed by atoms with E-state index in [2.05, 4.69) is 45.6 Å². The van der Waals surface area contributed by atoms with Crippen molar-refractivity contribution in [2.45, 2.75) is 185 Å². The number of carboxylic acid groups (broad SMARTS) is 3. The van der Waals surface area contributed by atoms with Gasteiger partial charge in [0.1, 0.15) is 91.0 Å². The quantitative estimate of drug-likeness (QED) is 0.0217. The normalized spacial score (nSPS) is 29.3. The van der Waals surface area contributed by atoms with E-state index in [-0.39, 0.29) is 160 Å². The van der Waals surface area contributed by atoms with Crippen molar-refractivity contribution in [1.29, 1.82) is 0 Å². The molecule has 14 saturated heterocycles. The molecule has 0 radical (unpaired) electrons. The summed E-state index contributed by atoms with van der Waals surface area (Å²) in [4.78, 5) is 171. The predicted octanol–water partition coefficient (Wildman–Crippen LogP) is 3.23. The van der Waals surface area contributed by atoms with E-state index in [1.165, 1.54) is 61.5 Å². The van der Waals surface area contributed by atoms with Crippen molar-refractivity contribution < 1.29 is 144 Å². The van der Waals surface area contributed by atoms with Gasteiger partial charge < -0.3 is 77.3 Å². The Labute approximate surface area is 651 Å². The second-order valence-electron chi connectivity index (χ2n) is 25.7. The number of β-lactam (4-membered cyclic amide) rings is 7. The van der Waals surface area contributed by atoms with E-state index in [0.717, 1.165) is 25.4 Å². The lowest BCUT2D eigenvalue weighted by Gasteiger charge is -2.33. The maximum absolute atomic E-state index is 12.2. The van der Waals surface area contributed by atoms with Crippen LogP contribution in [0, 0.1) is 0 Å². The van der Waals surface area contributed by atoms with Crippen LogP contribution in [0.1, 0.15) is 99.3 Å². The van der Waals surface area contributed by atoms with Crippen LogP contribution in [0.4, 0.5) is 0 Å². The fourth-order valence-corrected chi connectivity index (χ4v) is 13.3. The molecule has 4 N–H and O–H groups in total. The van der Waals surface area contributed by atoms with Gasteiger partial charge in [-0.1, -0.05) is 62.1 Å². The first kappa shape index (κ1) is 84.7. The number of carbonyl (C=O) groups is 14. The predicted molar refractivity (Wildman–Crippen MR) is 382 cm³/mol. The molecule has 37 nitrogen and oxygen atoms in total. The summed E-state index contributed by atoms with van der Waals surface area (Å²) in [6.45, 7) is 12.3. The SMILES string of the molecule is C.C=C=C.CC(=O)OC(=O)C1/C(=C/CC=C=COC/C=C2\OC3CC(=O)N3C2C(=O)OC(C)=O)OC2CC(=O)N21.CC=CC1/C(=C/CC=C=COC/C=C2\OC3CC(=O)N3C2C=CC)OC2CC(=O)N21.O=C(O)C1/C(=C/CC=C=COC/C=C2\OC3CC(=O)N3C2C(=O)O)OC2CC(=O)N21.O=C(O)C1/C(=C/CO)OC2CC(=O)N21. The highest BCUT2D eigenvalue weighted by molar-refractivity contribution is 5.97. The second-order valence-corrected chi connectivity index (χ2v) is 25.7. The van der Waals surface area contributed by atoms with Crippen molar-refractivity contribution in [3.8, 4) is 0 Å².